The van der Waals surface area contributed by atoms with Gasteiger partial charge in [-0.2, -0.15) is 0 Å². The smallest absolute Gasteiger partial charge is 0.268 e. The van der Waals surface area contributed by atoms with E-state index >= 15 is 0 Å². The van der Waals surface area contributed by atoms with Crippen molar-refractivity contribution in [3.05, 3.63) is 46.3 Å². The third-order valence-electron chi connectivity index (χ3n) is 4.34. The van der Waals surface area contributed by atoms with Gasteiger partial charge in [0.2, 0.25) is 0 Å². The first-order valence-corrected chi connectivity index (χ1v) is 9.97. The fraction of sp³-hybridized carbons (Fsp3) is 0.400. The maximum atomic E-state index is 12.8. The zero-order valence-electron chi connectivity index (χ0n) is 15.7. The summed E-state index contributed by atoms with van der Waals surface area (Å²) < 4.78 is 5.51. The lowest BCUT2D eigenvalue weighted by molar-refractivity contribution is -0.118. The molecular formula is C20H25N3O3S. The van der Waals surface area contributed by atoms with E-state index in [-0.39, 0.29) is 18.4 Å². The molecule has 27 heavy (non-hydrogen) atoms. The minimum absolute atomic E-state index is 0.0959. The van der Waals surface area contributed by atoms with Crippen LogP contribution in [0.3, 0.4) is 0 Å². The van der Waals surface area contributed by atoms with E-state index in [4.69, 9.17) is 4.74 Å². The number of para-hydroxylation sites is 1. The second kappa shape index (κ2) is 9.01. The number of hydrogen-bond acceptors (Lipinski definition) is 5. The number of fused-ring (bicyclic) bond motifs is 1. The molecule has 0 saturated heterocycles. The van der Waals surface area contributed by atoms with Gasteiger partial charge in [-0.3, -0.25) is 15.0 Å². The van der Waals surface area contributed by atoms with Crippen LogP contribution in [0.1, 0.15) is 40.1 Å². The fourth-order valence-corrected chi connectivity index (χ4v) is 4.46. The molecule has 144 valence electrons. The van der Waals surface area contributed by atoms with Crippen LogP contribution in [-0.2, 0) is 17.6 Å². The molecule has 1 heterocycles. The lowest BCUT2D eigenvalue weighted by Crippen LogP contribution is -2.37. The molecule has 2 amide bonds. The highest BCUT2D eigenvalue weighted by molar-refractivity contribution is 7.17. The van der Waals surface area contributed by atoms with Crippen LogP contribution >= 0.6 is 11.3 Å². The molecule has 0 aliphatic heterocycles. The number of hydrazine groups is 1. The van der Waals surface area contributed by atoms with E-state index in [0.717, 1.165) is 31.2 Å². The molecular weight excluding hydrogens is 362 g/mol. The SMILES string of the molecule is CN(C)NC(=O)c1c(NC(=O)COc2ccccc2)sc2c1CCCCC2. The maximum absolute atomic E-state index is 12.8. The Morgan fingerprint density at radius 1 is 1.11 bits per heavy atom. The second-order valence-corrected chi connectivity index (χ2v) is 7.86. The molecule has 6 nitrogen and oxygen atoms in total. The van der Waals surface area contributed by atoms with Crippen LogP contribution in [0.5, 0.6) is 5.75 Å². The first-order chi connectivity index (χ1) is 13.0. The summed E-state index contributed by atoms with van der Waals surface area (Å²) >= 11 is 1.51. The zero-order valence-corrected chi connectivity index (χ0v) is 16.5. The Morgan fingerprint density at radius 3 is 2.59 bits per heavy atom. The summed E-state index contributed by atoms with van der Waals surface area (Å²) in [6.07, 6.45) is 5.18. The van der Waals surface area contributed by atoms with Gasteiger partial charge in [0.25, 0.3) is 11.8 Å². The normalized spacial score (nSPS) is 13.6. The van der Waals surface area contributed by atoms with Gasteiger partial charge in [0.1, 0.15) is 10.8 Å². The molecule has 0 radical (unpaired) electrons. The monoisotopic (exact) mass is 387 g/mol. The molecule has 7 heteroatoms. The Hall–Kier alpha value is -2.38. The minimum Gasteiger partial charge on any atom is -0.484 e. The average Bonchev–Trinajstić information content (AvgIpc) is 2.81. The number of carbonyl (C=O) groups excluding carboxylic acids is 2. The van der Waals surface area contributed by atoms with E-state index in [0.29, 0.717) is 16.3 Å². The van der Waals surface area contributed by atoms with Gasteiger partial charge in [-0.1, -0.05) is 24.6 Å². The zero-order chi connectivity index (χ0) is 19.2. The topological polar surface area (TPSA) is 70.7 Å². The number of hydrogen-bond donors (Lipinski definition) is 2. The highest BCUT2D eigenvalue weighted by Gasteiger charge is 2.26. The van der Waals surface area contributed by atoms with Crippen LogP contribution in [0.2, 0.25) is 0 Å². The molecule has 2 N–H and O–H groups in total. The van der Waals surface area contributed by atoms with Crippen molar-refractivity contribution in [1.29, 1.82) is 0 Å². The Kier molecular flexibility index (Phi) is 6.47. The number of benzene rings is 1. The molecule has 0 spiro atoms. The van der Waals surface area contributed by atoms with E-state index in [1.165, 1.54) is 22.6 Å². The van der Waals surface area contributed by atoms with E-state index in [1.807, 2.05) is 18.2 Å². The predicted octanol–water partition coefficient (Wildman–Crippen LogP) is 3.24. The Labute approximate surface area is 163 Å². The standard InChI is InChI=1S/C20H25N3O3S/c1-23(2)22-19(25)18-15-11-7-4-8-12-16(15)27-20(18)21-17(24)13-26-14-9-5-3-6-10-14/h3,5-6,9-10H,4,7-8,11-13H2,1-2H3,(H,21,24)(H,22,25). The van der Waals surface area contributed by atoms with Gasteiger partial charge < -0.3 is 10.1 Å². The number of aryl methyl sites for hydroxylation is 1. The minimum atomic E-state index is -0.269. The molecule has 0 atom stereocenters. The van der Waals surface area contributed by atoms with Crippen LogP contribution < -0.4 is 15.5 Å². The Morgan fingerprint density at radius 2 is 1.85 bits per heavy atom. The quantitative estimate of drug-likeness (QED) is 0.590. The maximum Gasteiger partial charge on any atom is 0.268 e. The number of carbonyl (C=O) groups is 2. The number of nitrogens with zero attached hydrogens (tertiary/aromatic N) is 1. The largest absolute Gasteiger partial charge is 0.484 e. The van der Waals surface area contributed by atoms with Crippen molar-refractivity contribution in [3.8, 4) is 5.75 Å². The van der Waals surface area contributed by atoms with Gasteiger partial charge in [0.05, 0.1) is 5.56 Å². The second-order valence-electron chi connectivity index (χ2n) is 6.75. The number of rotatable bonds is 6. The van der Waals surface area contributed by atoms with Crippen LogP contribution in [0.15, 0.2) is 30.3 Å². The van der Waals surface area contributed by atoms with Gasteiger partial charge >= 0.3 is 0 Å². The highest BCUT2D eigenvalue weighted by atomic mass is 32.1. The van der Waals surface area contributed by atoms with Crippen LogP contribution in [-0.4, -0.2) is 37.5 Å². The molecule has 0 fully saturated rings. The van der Waals surface area contributed by atoms with Gasteiger partial charge in [-0.15, -0.1) is 11.3 Å². The third kappa shape index (κ3) is 5.08. The van der Waals surface area contributed by atoms with Crippen LogP contribution in [0.4, 0.5) is 5.00 Å². The summed E-state index contributed by atoms with van der Waals surface area (Å²) in [6, 6.07) is 9.20. The molecule has 2 aromatic rings. The van der Waals surface area contributed by atoms with Crippen molar-refractivity contribution in [2.24, 2.45) is 0 Å². The van der Waals surface area contributed by atoms with E-state index in [2.05, 4.69) is 10.7 Å². The number of nitrogens with one attached hydrogen (secondary N) is 2. The van der Waals surface area contributed by atoms with E-state index in [9.17, 15) is 9.59 Å². The van der Waals surface area contributed by atoms with Crippen molar-refractivity contribution in [3.63, 3.8) is 0 Å². The third-order valence-corrected chi connectivity index (χ3v) is 5.55. The highest BCUT2D eigenvalue weighted by Crippen LogP contribution is 2.37. The Bertz CT molecular complexity index is 802. The van der Waals surface area contributed by atoms with Crippen LogP contribution in [0.25, 0.3) is 0 Å². The van der Waals surface area contributed by atoms with E-state index < -0.39 is 0 Å². The summed E-state index contributed by atoms with van der Waals surface area (Å²) in [7, 11) is 3.55. The first-order valence-electron chi connectivity index (χ1n) is 9.15. The Balaban J connectivity index is 1.77. The van der Waals surface area contributed by atoms with Gasteiger partial charge in [-0.05, 0) is 43.4 Å². The molecule has 0 unspecified atom stereocenters. The van der Waals surface area contributed by atoms with Crippen molar-refractivity contribution in [2.45, 2.75) is 32.1 Å². The number of ether oxygens (including phenoxy) is 1. The molecule has 0 bridgehead atoms. The van der Waals surface area contributed by atoms with Gasteiger partial charge in [-0.25, -0.2) is 5.01 Å². The van der Waals surface area contributed by atoms with Crippen LogP contribution in [0, 0.1) is 0 Å². The van der Waals surface area contributed by atoms with Crippen molar-refractivity contribution in [2.75, 3.05) is 26.0 Å². The lowest BCUT2D eigenvalue weighted by Gasteiger charge is -2.14. The molecule has 1 aromatic heterocycles. The summed E-state index contributed by atoms with van der Waals surface area (Å²) in [5.41, 5.74) is 4.48. The lowest BCUT2D eigenvalue weighted by atomic mass is 10.1. The molecule has 1 aliphatic carbocycles. The average molecular weight is 388 g/mol. The number of amides is 2. The van der Waals surface area contributed by atoms with Gasteiger partial charge in [0.15, 0.2) is 6.61 Å². The van der Waals surface area contributed by atoms with Crippen molar-refractivity contribution >= 4 is 28.2 Å². The molecule has 1 aromatic carbocycles. The predicted molar refractivity (Wildman–Crippen MR) is 107 cm³/mol. The van der Waals surface area contributed by atoms with E-state index in [1.54, 1.807) is 31.2 Å². The van der Waals surface area contributed by atoms with Gasteiger partial charge in [0, 0.05) is 19.0 Å². The summed E-state index contributed by atoms with van der Waals surface area (Å²) in [5.74, 6) is 0.188. The summed E-state index contributed by atoms with van der Waals surface area (Å²) in [4.78, 5) is 26.3. The molecule has 0 saturated carbocycles. The summed E-state index contributed by atoms with van der Waals surface area (Å²) in [5, 5.41) is 5.12. The molecule has 1 aliphatic rings. The summed E-state index contributed by atoms with van der Waals surface area (Å²) in [6.45, 7) is -0.0959. The molecule has 3 rings (SSSR count). The first kappa shape index (κ1) is 19.4. The number of thiophene rings is 1. The number of anilines is 1. The van der Waals surface area contributed by atoms with Crippen molar-refractivity contribution < 1.29 is 14.3 Å². The fourth-order valence-electron chi connectivity index (χ4n) is 3.16. The van der Waals surface area contributed by atoms with Crippen molar-refractivity contribution in [1.82, 2.24) is 10.4 Å².